The third-order valence-electron chi connectivity index (χ3n) is 6.33. The Morgan fingerprint density at radius 3 is 2.71 bits per heavy atom. The second kappa shape index (κ2) is 9.06. The highest BCUT2D eigenvalue weighted by molar-refractivity contribution is 6.05. The molecule has 7 heteroatoms. The Bertz CT molecular complexity index is 986. The molecule has 2 N–H and O–H groups in total. The molecular weight excluding hydrogens is 394 g/mol. The van der Waals surface area contributed by atoms with E-state index in [0.29, 0.717) is 32.3 Å². The zero-order chi connectivity index (χ0) is 22.0. The van der Waals surface area contributed by atoms with Crippen LogP contribution in [0.2, 0.25) is 0 Å². The molecule has 7 nitrogen and oxygen atoms in total. The van der Waals surface area contributed by atoms with Gasteiger partial charge in [0.25, 0.3) is 0 Å². The van der Waals surface area contributed by atoms with Gasteiger partial charge < -0.3 is 20.3 Å². The minimum atomic E-state index is -0.669. The van der Waals surface area contributed by atoms with Crippen LogP contribution in [0.15, 0.2) is 42.5 Å². The quantitative estimate of drug-likeness (QED) is 0.774. The summed E-state index contributed by atoms with van der Waals surface area (Å²) in [5.41, 5.74) is 0.719. The van der Waals surface area contributed by atoms with Crippen molar-refractivity contribution in [3.63, 3.8) is 0 Å². The lowest BCUT2D eigenvalue weighted by Crippen LogP contribution is -2.54. The second-order valence-corrected chi connectivity index (χ2v) is 8.34. The van der Waals surface area contributed by atoms with Crippen LogP contribution in [0.1, 0.15) is 39.5 Å². The van der Waals surface area contributed by atoms with Crippen LogP contribution in [0, 0.1) is 5.92 Å². The van der Waals surface area contributed by atoms with E-state index in [1.807, 2.05) is 56.3 Å². The van der Waals surface area contributed by atoms with Gasteiger partial charge in [0.15, 0.2) is 0 Å². The molecule has 0 saturated carbocycles. The maximum Gasteiger partial charge on any atom is 0.247 e. The third kappa shape index (κ3) is 4.28. The Balaban J connectivity index is 1.53. The number of carbonyl (C=O) groups excluding carboxylic acids is 3. The molecule has 2 heterocycles. The highest BCUT2D eigenvalue weighted by atomic mass is 16.5. The van der Waals surface area contributed by atoms with Crippen molar-refractivity contribution in [2.75, 3.05) is 11.9 Å². The predicted molar refractivity (Wildman–Crippen MR) is 118 cm³/mol. The lowest BCUT2D eigenvalue weighted by Gasteiger charge is -2.30. The molecule has 0 unspecified atom stereocenters. The number of anilines is 1. The van der Waals surface area contributed by atoms with Gasteiger partial charge in [-0.3, -0.25) is 14.4 Å². The summed E-state index contributed by atoms with van der Waals surface area (Å²) < 4.78 is 5.87. The fourth-order valence-electron chi connectivity index (χ4n) is 4.30. The first-order valence-corrected chi connectivity index (χ1v) is 11.0. The minimum absolute atomic E-state index is 0.143. The van der Waals surface area contributed by atoms with Crippen molar-refractivity contribution < 1.29 is 19.1 Å². The molecule has 2 fully saturated rings. The van der Waals surface area contributed by atoms with Crippen LogP contribution in [-0.2, 0) is 19.1 Å². The van der Waals surface area contributed by atoms with Gasteiger partial charge in [0.05, 0.1) is 6.61 Å². The first-order valence-electron chi connectivity index (χ1n) is 11.0. The van der Waals surface area contributed by atoms with Crippen molar-refractivity contribution in [1.29, 1.82) is 0 Å². The number of hydrogen-bond donors (Lipinski definition) is 2. The molecule has 0 bridgehead atoms. The summed E-state index contributed by atoms with van der Waals surface area (Å²) in [4.78, 5) is 40.4. The molecule has 0 spiro atoms. The Kier molecular flexibility index (Phi) is 6.23. The van der Waals surface area contributed by atoms with Gasteiger partial charge in [-0.15, -0.1) is 0 Å². The standard InChI is InChI=1S/C24H29N3O4/c1-3-15(2)22(28)26-19-13-14-31-21-12-11-20(27(21)24(19)30)23(29)25-18-10-6-8-16-7-4-5-9-17(16)18/h4-10,15,19-21H,3,11-14H2,1-2H3,(H,25,29)(H,26,28)/t15-,19+,20+,21+/m1/s1. The first-order chi connectivity index (χ1) is 15.0. The lowest BCUT2D eigenvalue weighted by atomic mass is 10.1. The van der Waals surface area contributed by atoms with E-state index in [4.69, 9.17) is 4.74 Å². The van der Waals surface area contributed by atoms with Gasteiger partial charge in [-0.2, -0.15) is 0 Å². The molecule has 3 amide bonds. The number of nitrogens with one attached hydrogen (secondary N) is 2. The summed E-state index contributed by atoms with van der Waals surface area (Å²) in [6.45, 7) is 4.15. The summed E-state index contributed by atoms with van der Waals surface area (Å²) >= 11 is 0. The average molecular weight is 424 g/mol. The molecular formula is C24H29N3O4. The van der Waals surface area contributed by atoms with Crippen molar-refractivity contribution in [3.05, 3.63) is 42.5 Å². The van der Waals surface area contributed by atoms with E-state index in [-0.39, 0.29) is 23.6 Å². The summed E-state index contributed by atoms with van der Waals surface area (Å²) in [6.07, 6.45) is 1.81. The number of carbonyl (C=O) groups is 3. The smallest absolute Gasteiger partial charge is 0.247 e. The SMILES string of the molecule is CC[C@@H](C)C(=O)N[C@H]1CCO[C@H]2CC[C@@H](C(=O)Nc3cccc4ccccc34)N2C1=O. The van der Waals surface area contributed by atoms with Crippen LogP contribution in [0.4, 0.5) is 5.69 Å². The highest BCUT2D eigenvalue weighted by Gasteiger charge is 2.45. The monoisotopic (exact) mass is 423 g/mol. The summed E-state index contributed by atoms with van der Waals surface area (Å²) in [7, 11) is 0. The Hall–Kier alpha value is -2.93. The van der Waals surface area contributed by atoms with Gasteiger partial charge in [-0.05, 0) is 30.7 Å². The fourth-order valence-corrected chi connectivity index (χ4v) is 4.30. The van der Waals surface area contributed by atoms with E-state index < -0.39 is 18.3 Å². The van der Waals surface area contributed by atoms with Crippen LogP contribution >= 0.6 is 0 Å². The summed E-state index contributed by atoms with van der Waals surface area (Å²) in [5.74, 6) is -0.786. The van der Waals surface area contributed by atoms with Gasteiger partial charge in [0.2, 0.25) is 17.7 Å². The largest absolute Gasteiger partial charge is 0.358 e. The van der Waals surface area contributed by atoms with Crippen molar-refractivity contribution in [2.24, 2.45) is 5.92 Å². The van der Waals surface area contributed by atoms with Crippen molar-refractivity contribution >= 4 is 34.2 Å². The Labute approximate surface area is 182 Å². The number of amides is 3. The van der Waals surface area contributed by atoms with Crippen molar-refractivity contribution in [2.45, 2.75) is 57.8 Å². The van der Waals surface area contributed by atoms with E-state index in [9.17, 15) is 14.4 Å². The molecule has 2 saturated heterocycles. The van der Waals surface area contributed by atoms with Crippen LogP contribution in [0.25, 0.3) is 10.8 Å². The van der Waals surface area contributed by atoms with E-state index in [1.165, 1.54) is 4.90 Å². The fraction of sp³-hybridized carbons (Fsp3) is 0.458. The molecule has 0 radical (unpaired) electrons. The number of hydrogen-bond acceptors (Lipinski definition) is 4. The molecule has 0 aromatic heterocycles. The Morgan fingerprint density at radius 1 is 1.13 bits per heavy atom. The number of fused-ring (bicyclic) bond motifs is 2. The van der Waals surface area contributed by atoms with Gasteiger partial charge >= 0.3 is 0 Å². The number of nitrogens with zero attached hydrogens (tertiary/aromatic N) is 1. The molecule has 2 aliphatic heterocycles. The maximum atomic E-state index is 13.3. The van der Waals surface area contributed by atoms with E-state index >= 15 is 0 Å². The molecule has 4 rings (SSSR count). The zero-order valence-corrected chi connectivity index (χ0v) is 18.0. The maximum absolute atomic E-state index is 13.3. The second-order valence-electron chi connectivity index (χ2n) is 8.34. The number of ether oxygens (including phenoxy) is 1. The molecule has 4 atom stereocenters. The molecule has 164 valence electrons. The summed E-state index contributed by atoms with van der Waals surface area (Å²) in [5, 5.41) is 7.85. The normalized spacial score (nSPS) is 24.4. The topological polar surface area (TPSA) is 87.7 Å². The van der Waals surface area contributed by atoms with Crippen LogP contribution in [0.5, 0.6) is 0 Å². The number of rotatable bonds is 5. The van der Waals surface area contributed by atoms with Crippen molar-refractivity contribution in [1.82, 2.24) is 10.2 Å². The minimum Gasteiger partial charge on any atom is -0.358 e. The highest BCUT2D eigenvalue weighted by Crippen LogP contribution is 2.31. The van der Waals surface area contributed by atoms with E-state index in [2.05, 4.69) is 10.6 Å². The van der Waals surface area contributed by atoms with Gasteiger partial charge in [-0.25, -0.2) is 0 Å². The van der Waals surface area contributed by atoms with Crippen LogP contribution in [-0.4, -0.2) is 47.5 Å². The molecule has 2 aliphatic rings. The van der Waals surface area contributed by atoms with Gasteiger partial charge in [0.1, 0.15) is 18.3 Å². The molecule has 31 heavy (non-hydrogen) atoms. The number of benzene rings is 2. The lowest BCUT2D eigenvalue weighted by molar-refractivity contribution is -0.147. The summed E-state index contributed by atoms with van der Waals surface area (Å²) in [6, 6.07) is 12.3. The van der Waals surface area contributed by atoms with Crippen LogP contribution < -0.4 is 10.6 Å². The third-order valence-corrected chi connectivity index (χ3v) is 6.33. The van der Waals surface area contributed by atoms with Crippen molar-refractivity contribution in [3.8, 4) is 0 Å². The molecule has 2 aromatic carbocycles. The zero-order valence-electron chi connectivity index (χ0n) is 18.0. The van der Waals surface area contributed by atoms with Gasteiger partial charge in [0, 0.05) is 23.4 Å². The van der Waals surface area contributed by atoms with E-state index in [1.54, 1.807) is 0 Å². The van der Waals surface area contributed by atoms with Crippen LogP contribution in [0.3, 0.4) is 0 Å². The predicted octanol–water partition coefficient (Wildman–Crippen LogP) is 3.05. The molecule has 2 aromatic rings. The average Bonchev–Trinajstić information content (AvgIpc) is 3.15. The van der Waals surface area contributed by atoms with Gasteiger partial charge in [-0.1, -0.05) is 50.2 Å². The van der Waals surface area contributed by atoms with E-state index in [0.717, 1.165) is 16.5 Å². The molecule has 0 aliphatic carbocycles. The first kappa shape index (κ1) is 21.3. The Morgan fingerprint density at radius 2 is 1.90 bits per heavy atom.